The Labute approximate surface area is 132 Å². The fourth-order valence-corrected chi connectivity index (χ4v) is 3.54. The first-order valence-corrected chi connectivity index (χ1v) is 7.77. The van der Waals surface area contributed by atoms with Gasteiger partial charge in [0.25, 0.3) is 0 Å². The number of nitrogens with one attached hydrogen (secondary N) is 2. The van der Waals surface area contributed by atoms with Crippen LogP contribution in [-0.4, -0.2) is 17.8 Å². The molecule has 122 valence electrons. The van der Waals surface area contributed by atoms with Crippen LogP contribution in [0.25, 0.3) is 0 Å². The maximum atomic E-state index is 12.3. The van der Waals surface area contributed by atoms with Gasteiger partial charge >= 0.3 is 6.03 Å². The first kappa shape index (κ1) is 18.1. The van der Waals surface area contributed by atoms with Crippen molar-refractivity contribution in [3.8, 4) is 0 Å². The van der Waals surface area contributed by atoms with Crippen LogP contribution in [0.5, 0.6) is 0 Å². The van der Waals surface area contributed by atoms with Crippen LogP contribution in [0.4, 0.5) is 4.79 Å². The minimum atomic E-state index is -0.902. The zero-order valence-corrected chi connectivity index (χ0v) is 13.5. The van der Waals surface area contributed by atoms with Gasteiger partial charge in [-0.05, 0) is 30.6 Å². The minimum absolute atomic E-state index is 0.364. The van der Waals surface area contributed by atoms with E-state index in [4.69, 9.17) is 0 Å². The fourth-order valence-electron chi connectivity index (χ4n) is 3.54. The third kappa shape index (κ3) is 4.06. The summed E-state index contributed by atoms with van der Waals surface area (Å²) in [5.74, 6) is -1.59. The maximum absolute atomic E-state index is 12.3. The highest BCUT2D eigenvalue weighted by atomic mass is 16.2. The molecule has 5 nitrogen and oxygen atoms in total. The number of carbonyl (C=O) groups excluding carboxylic acids is 3. The molecule has 22 heavy (non-hydrogen) atoms. The van der Waals surface area contributed by atoms with Crippen LogP contribution in [0.3, 0.4) is 0 Å². The summed E-state index contributed by atoms with van der Waals surface area (Å²) in [6.45, 7) is 11.8. The Kier molecular flexibility index (Phi) is 6.53. The molecule has 4 amide bonds. The van der Waals surface area contributed by atoms with E-state index in [0.29, 0.717) is 25.2 Å². The lowest BCUT2D eigenvalue weighted by Gasteiger charge is -2.41. The molecule has 0 bridgehead atoms. The van der Waals surface area contributed by atoms with E-state index in [1.807, 2.05) is 0 Å². The summed E-state index contributed by atoms with van der Waals surface area (Å²) in [6.07, 6.45) is 7.28. The molecule has 2 N–H and O–H groups in total. The van der Waals surface area contributed by atoms with Gasteiger partial charge in [-0.3, -0.25) is 20.2 Å². The topological polar surface area (TPSA) is 75.3 Å². The zero-order chi connectivity index (χ0) is 16.8. The summed E-state index contributed by atoms with van der Waals surface area (Å²) < 4.78 is 0. The Balaban J connectivity index is 3.18. The number of imide groups is 2. The van der Waals surface area contributed by atoms with Crippen LogP contribution in [0.1, 0.15) is 46.0 Å². The lowest BCUT2D eigenvalue weighted by Crippen LogP contribution is -2.60. The lowest BCUT2D eigenvalue weighted by atomic mass is 9.64. The number of carbonyl (C=O) groups is 3. The van der Waals surface area contributed by atoms with Crippen LogP contribution in [0.2, 0.25) is 0 Å². The Morgan fingerprint density at radius 2 is 1.64 bits per heavy atom. The second kappa shape index (κ2) is 7.92. The van der Waals surface area contributed by atoms with E-state index in [1.54, 1.807) is 12.2 Å². The van der Waals surface area contributed by atoms with Crippen LogP contribution in [0.15, 0.2) is 25.3 Å². The van der Waals surface area contributed by atoms with Crippen LogP contribution in [-0.2, 0) is 9.59 Å². The van der Waals surface area contributed by atoms with Crippen molar-refractivity contribution in [2.45, 2.75) is 46.0 Å². The monoisotopic (exact) mass is 306 g/mol. The Hall–Kier alpha value is -1.91. The molecule has 1 aliphatic rings. The number of urea groups is 1. The number of hydrogen-bond donors (Lipinski definition) is 2. The van der Waals surface area contributed by atoms with E-state index >= 15 is 0 Å². The highest BCUT2D eigenvalue weighted by Crippen LogP contribution is 2.44. The van der Waals surface area contributed by atoms with Gasteiger partial charge in [0.05, 0.1) is 0 Å². The highest BCUT2D eigenvalue weighted by Gasteiger charge is 2.49. The van der Waals surface area contributed by atoms with Crippen molar-refractivity contribution in [3.05, 3.63) is 25.3 Å². The van der Waals surface area contributed by atoms with E-state index < -0.39 is 29.2 Å². The minimum Gasteiger partial charge on any atom is -0.277 e. The average molecular weight is 306 g/mol. The van der Waals surface area contributed by atoms with Gasteiger partial charge < -0.3 is 0 Å². The van der Waals surface area contributed by atoms with Crippen molar-refractivity contribution >= 4 is 17.8 Å². The molecule has 0 aromatic carbocycles. The second-order valence-corrected chi connectivity index (χ2v) is 6.19. The molecule has 1 heterocycles. The van der Waals surface area contributed by atoms with Crippen molar-refractivity contribution in [2.24, 2.45) is 17.3 Å². The molecular weight excluding hydrogens is 280 g/mol. The molecule has 1 aliphatic heterocycles. The van der Waals surface area contributed by atoms with Crippen molar-refractivity contribution < 1.29 is 14.4 Å². The standard InChI is InChI=1S/C17H26N2O3/c1-5-8-12(4)11-17(9-6-2,10-7-3)13-14(20)18-16(22)19-15(13)21/h6-7,12-13H,2-3,5,8-11H2,1,4H3,(H2,18,19,20,21,22). The molecule has 0 saturated carbocycles. The average Bonchev–Trinajstić information content (AvgIpc) is 2.37. The van der Waals surface area contributed by atoms with E-state index in [0.717, 1.165) is 12.8 Å². The van der Waals surface area contributed by atoms with Gasteiger partial charge in [0.15, 0.2) is 0 Å². The van der Waals surface area contributed by atoms with Gasteiger partial charge in [0, 0.05) is 0 Å². The molecule has 1 atom stereocenters. The SMILES string of the molecule is C=CCC(CC=C)(CC(C)CCC)C1C(=O)NC(=O)NC1=O. The summed E-state index contributed by atoms with van der Waals surface area (Å²) >= 11 is 0. The van der Waals surface area contributed by atoms with Gasteiger partial charge in [-0.25, -0.2) is 4.79 Å². The molecule has 0 aromatic heterocycles. The summed E-state index contributed by atoms with van der Waals surface area (Å²) in [5.41, 5.74) is -0.590. The van der Waals surface area contributed by atoms with E-state index in [2.05, 4.69) is 37.6 Å². The van der Waals surface area contributed by atoms with Crippen LogP contribution >= 0.6 is 0 Å². The Morgan fingerprint density at radius 3 is 2.05 bits per heavy atom. The quantitative estimate of drug-likeness (QED) is 0.508. The second-order valence-electron chi connectivity index (χ2n) is 6.19. The van der Waals surface area contributed by atoms with Crippen molar-refractivity contribution in [3.63, 3.8) is 0 Å². The molecule has 1 fully saturated rings. The molecular formula is C17H26N2O3. The first-order valence-electron chi connectivity index (χ1n) is 7.77. The Bertz CT molecular complexity index is 441. The molecule has 0 aromatic rings. The summed E-state index contributed by atoms with van der Waals surface area (Å²) in [6, 6.07) is -0.751. The van der Waals surface area contributed by atoms with Gasteiger partial charge in [-0.1, -0.05) is 38.8 Å². The number of hydrogen-bond acceptors (Lipinski definition) is 3. The van der Waals surface area contributed by atoms with Crippen molar-refractivity contribution in [1.82, 2.24) is 10.6 Å². The lowest BCUT2D eigenvalue weighted by molar-refractivity contribution is -0.142. The van der Waals surface area contributed by atoms with E-state index in [-0.39, 0.29) is 0 Å². The summed E-state index contributed by atoms with van der Waals surface area (Å²) in [4.78, 5) is 35.9. The zero-order valence-electron chi connectivity index (χ0n) is 13.5. The van der Waals surface area contributed by atoms with Crippen LogP contribution in [0, 0.1) is 17.3 Å². The van der Waals surface area contributed by atoms with E-state index in [1.165, 1.54) is 0 Å². The number of allylic oxidation sites excluding steroid dienone is 2. The molecule has 1 saturated heterocycles. The largest absolute Gasteiger partial charge is 0.328 e. The molecule has 5 heteroatoms. The molecule has 0 radical (unpaired) electrons. The summed E-state index contributed by atoms with van der Waals surface area (Å²) in [5, 5.41) is 4.42. The van der Waals surface area contributed by atoms with Gasteiger partial charge in [0.1, 0.15) is 5.92 Å². The highest BCUT2D eigenvalue weighted by molar-refractivity contribution is 6.16. The number of rotatable bonds is 9. The Morgan fingerprint density at radius 1 is 1.14 bits per heavy atom. The van der Waals surface area contributed by atoms with Gasteiger partial charge in [-0.15, -0.1) is 13.2 Å². The molecule has 1 rings (SSSR count). The smallest absolute Gasteiger partial charge is 0.277 e. The number of barbiturate groups is 1. The summed E-state index contributed by atoms with van der Waals surface area (Å²) in [7, 11) is 0. The molecule has 0 spiro atoms. The maximum Gasteiger partial charge on any atom is 0.328 e. The van der Waals surface area contributed by atoms with E-state index in [9.17, 15) is 14.4 Å². The van der Waals surface area contributed by atoms with Gasteiger partial charge in [0.2, 0.25) is 11.8 Å². The van der Waals surface area contributed by atoms with Crippen molar-refractivity contribution in [2.75, 3.05) is 0 Å². The third-order valence-electron chi connectivity index (χ3n) is 4.25. The van der Waals surface area contributed by atoms with Crippen LogP contribution < -0.4 is 10.6 Å². The normalized spacial score (nSPS) is 17.6. The predicted octanol–water partition coefficient (Wildman–Crippen LogP) is 2.93. The first-order chi connectivity index (χ1) is 10.4. The third-order valence-corrected chi connectivity index (χ3v) is 4.25. The molecule has 1 unspecified atom stereocenters. The van der Waals surface area contributed by atoms with Crippen molar-refractivity contribution in [1.29, 1.82) is 0 Å². The number of amides is 4. The fraction of sp³-hybridized carbons (Fsp3) is 0.588. The predicted molar refractivity (Wildman–Crippen MR) is 85.9 cm³/mol. The molecule has 0 aliphatic carbocycles. The van der Waals surface area contributed by atoms with Gasteiger partial charge in [-0.2, -0.15) is 0 Å².